The zero-order valence-electron chi connectivity index (χ0n) is 19.4. The molecule has 3 rings (SSSR count). The third-order valence-corrected chi connectivity index (χ3v) is 5.68. The molecule has 1 amide bonds. The number of aromatic nitrogens is 2. The Morgan fingerprint density at radius 3 is 2.52 bits per heavy atom. The largest absolute Gasteiger partial charge is 0.494 e. The topological polar surface area (TPSA) is 56.1 Å². The molecule has 31 heavy (non-hydrogen) atoms. The van der Waals surface area contributed by atoms with Crippen LogP contribution >= 0.6 is 0 Å². The van der Waals surface area contributed by atoms with Gasteiger partial charge in [-0.1, -0.05) is 58.9 Å². The minimum absolute atomic E-state index is 0.0234. The van der Waals surface area contributed by atoms with E-state index < -0.39 is 5.41 Å². The first-order valence-electron chi connectivity index (χ1n) is 11.2. The molecule has 0 saturated heterocycles. The lowest BCUT2D eigenvalue weighted by Crippen LogP contribution is -2.35. The van der Waals surface area contributed by atoms with E-state index >= 15 is 0 Å². The molecule has 0 aliphatic carbocycles. The lowest BCUT2D eigenvalue weighted by Gasteiger charge is -2.18. The molecule has 0 fully saturated rings. The number of ether oxygens (including phenoxy) is 1. The molecule has 3 aromatic rings. The summed E-state index contributed by atoms with van der Waals surface area (Å²) < 4.78 is 8.15. The molecule has 5 heteroatoms. The van der Waals surface area contributed by atoms with Crippen LogP contribution in [0.1, 0.15) is 64.8 Å². The standard InChI is InChI=1S/C26H35N3O2/c1-6-19(2)20-12-14-21(15-13-20)31-17-9-16-29-23-11-8-7-10-22(23)28-24(29)18-27-25(30)26(3,4)5/h7-8,10-15,19H,6,9,16-18H2,1-5H3,(H,27,30). The van der Waals surface area contributed by atoms with E-state index in [2.05, 4.69) is 54.1 Å². The van der Waals surface area contributed by atoms with Gasteiger partial charge in [-0.05, 0) is 48.6 Å². The molecule has 0 aliphatic heterocycles. The third kappa shape index (κ3) is 5.87. The van der Waals surface area contributed by atoms with Gasteiger partial charge in [0.15, 0.2) is 0 Å². The molecule has 1 heterocycles. The Labute approximate surface area is 185 Å². The van der Waals surface area contributed by atoms with E-state index in [0.29, 0.717) is 19.1 Å². The maximum Gasteiger partial charge on any atom is 0.225 e. The van der Waals surface area contributed by atoms with Crippen molar-refractivity contribution < 1.29 is 9.53 Å². The van der Waals surface area contributed by atoms with Crippen LogP contribution in [-0.4, -0.2) is 22.1 Å². The number of para-hydroxylation sites is 2. The molecule has 0 bridgehead atoms. The van der Waals surface area contributed by atoms with E-state index in [0.717, 1.165) is 42.0 Å². The summed E-state index contributed by atoms with van der Waals surface area (Å²) in [5.74, 6) is 2.37. The second kappa shape index (κ2) is 9.99. The second-order valence-electron chi connectivity index (χ2n) is 9.18. The molecular formula is C26H35N3O2. The van der Waals surface area contributed by atoms with E-state index in [1.807, 2.05) is 39.0 Å². The van der Waals surface area contributed by atoms with Crippen LogP contribution in [0, 0.1) is 5.41 Å². The number of nitrogens with one attached hydrogen (secondary N) is 1. The Hall–Kier alpha value is -2.82. The normalized spacial score (nSPS) is 12.7. The average Bonchev–Trinajstić information content (AvgIpc) is 3.11. The van der Waals surface area contributed by atoms with Crippen molar-refractivity contribution in [2.24, 2.45) is 5.41 Å². The van der Waals surface area contributed by atoms with Crippen molar-refractivity contribution in [1.29, 1.82) is 0 Å². The fraction of sp³-hybridized carbons (Fsp3) is 0.462. The van der Waals surface area contributed by atoms with Crippen molar-refractivity contribution >= 4 is 16.9 Å². The van der Waals surface area contributed by atoms with Gasteiger partial charge in [-0.3, -0.25) is 4.79 Å². The van der Waals surface area contributed by atoms with Crippen LogP contribution in [0.15, 0.2) is 48.5 Å². The monoisotopic (exact) mass is 421 g/mol. The van der Waals surface area contributed by atoms with Gasteiger partial charge in [-0.2, -0.15) is 0 Å². The minimum Gasteiger partial charge on any atom is -0.494 e. The zero-order valence-corrected chi connectivity index (χ0v) is 19.4. The SMILES string of the molecule is CCC(C)c1ccc(OCCCn2c(CNC(=O)C(C)(C)C)nc3ccccc32)cc1. The molecule has 1 unspecified atom stereocenters. The summed E-state index contributed by atoms with van der Waals surface area (Å²) in [7, 11) is 0. The number of imidazole rings is 1. The number of hydrogen-bond donors (Lipinski definition) is 1. The van der Waals surface area contributed by atoms with Gasteiger partial charge in [0.25, 0.3) is 0 Å². The van der Waals surface area contributed by atoms with Gasteiger partial charge in [0.1, 0.15) is 11.6 Å². The first-order chi connectivity index (χ1) is 14.8. The summed E-state index contributed by atoms with van der Waals surface area (Å²) in [5, 5.41) is 3.02. The van der Waals surface area contributed by atoms with E-state index in [-0.39, 0.29) is 5.91 Å². The van der Waals surface area contributed by atoms with Crippen molar-refractivity contribution in [2.45, 2.75) is 66.5 Å². The number of hydrogen-bond acceptors (Lipinski definition) is 3. The van der Waals surface area contributed by atoms with E-state index in [1.54, 1.807) is 0 Å². The van der Waals surface area contributed by atoms with Gasteiger partial charge in [0, 0.05) is 12.0 Å². The van der Waals surface area contributed by atoms with Gasteiger partial charge in [0.2, 0.25) is 5.91 Å². The lowest BCUT2D eigenvalue weighted by atomic mass is 9.96. The van der Waals surface area contributed by atoms with Crippen molar-refractivity contribution in [3.8, 4) is 5.75 Å². The maximum atomic E-state index is 12.3. The average molecular weight is 422 g/mol. The van der Waals surface area contributed by atoms with Crippen molar-refractivity contribution in [3.63, 3.8) is 0 Å². The minimum atomic E-state index is -0.421. The van der Waals surface area contributed by atoms with Crippen LogP contribution in [0.5, 0.6) is 5.75 Å². The Balaban J connectivity index is 1.62. The molecule has 2 aromatic carbocycles. The molecule has 1 atom stereocenters. The van der Waals surface area contributed by atoms with Crippen LogP contribution < -0.4 is 10.1 Å². The molecule has 0 aliphatic rings. The molecular weight excluding hydrogens is 386 g/mol. The third-order valence-electron chi connectivity index (χ3n) is 5.68. The Bertz CT molecular complexity index is 1000. The van der Waals surface area contributed by atoms with E-state index in [4.69, 9.17) is 9.72 Å². The highest BCUT2D eigenvalue weighted by Crippen LogP contribution is 2.22. The highest BCUT2D eigenvalue weighted by Gasteiger charge is 2.21. The van der Waals surface area contributed by atoms with Crippen LogP contribution in [0.2, 0.25) is 0 Å². The predicted molar refractivity (Wildman–Crippen MR) is 126 cm³/mol. The number of rotatable bonds is 9. The Kier molecular flexibility index (Phi) is 7.37. The number of benzene rings is 2. The van der Waals surface area contributed by atoms with Gasteiger partial charge >= 0.3 is 0 Å². The van der Waals surface area contributed by atoms with Crippen LogP contribution in [0.3, 0.4) is 0 Å². The second-order valence-corrected chi connectivity index (χ2v) is 9.18. The highest BCUT2D eigenvalue weighted by molar-refractivity contribution is 5.81. The van der Waals surface area contributed by atoms with Crippen molar-refractivity contribution in [1.82, 2.24) is 14.9 Å². The summed E-state index contributed by atoms with van der Waals surface area (Å²) in [6.07, 6.45) is 1.99. The number of fused-ring (bicyclic) bond motifs is 1. The van der Waals surface area contributed by atoms with Crippen LogP contribution in [0.4, 0.5) is 0 Å². The Morgan fingerprint density at radius 1 is 1.13 bits per heavy atom. The molecule has 166 valence electrons. The first kappa shape index (κ1) is 22.9. The zero-order chi connectivity index (χ0) is 22.4. The maximum absolute atomic E-state index is 12.3. The molecule has 0 saturated carbocycles. The predicted octanol–water partition coefficient (Wildman–Crippen LogP) is 5.68. The van der Waals surface area contributed by atoms with Gasteiger partial charge < -0.3 is 14.6 Å². The Morgan fingerprint density at radius 2 is 1.84 bits per heavy atom. The van der Waals surface area contributed by atoms with Crippen LogP contribution in [-0.2, 0) is 17.9 Å². The van der Waals surface area contributed by atoms with Gasteiger partial charge in [-0.25, -0.2) is 4.98 Å². The smallest absolute Gasteiger partial charge is 0.225 e. The fourth-order valence-electron chi connectivity index (χ4n) is 3.48. The molecule has 0 radical (unpaired) electrons. The van der Waals surface area contributed by atoms with Crippen molar-refractivity contribution in [2.75, 3.05) is 6.61 Å². The van der Waals surface area contributed by atoms with Gasteiger partial charge in [-0.15, -0.1) is 0 Å². The number of aryl methyl sites for hydroxylation is 1. The first-order valence-corrected chi connectivity index (χ1v) is 11.2. The summed E-state index contributed by atoms with van der Waals surface area (Å²) in [5.41, 5.74) is 2.96. The number of carbonyl (C=O) groups is 1. The van der Waals surface area contributed by atoms with Gasteiger partial charge in [0.05, 0.1) is 24.2 Å². The van der Waals surface area contributed by atoms with E-state index in [9.17, 15) is 4.79 Å². The molecule has 1 aromatic heterocycles. The quantitative estimate of drug-likeness (QED) is 0.452. The summed E-state index contributed by atoms with van der Waals surface area (Å²) in [6.45, 7) is 12.0. The number of nitrogens with zero attached hydrogens (tertiary/aromatic N) is 2. The van der Waals surface area contributed by atoms with E-state index in [1.165, 1.54) is 5.56 Å². The number of amides is 1. The molecule has 0 spiro atoms. The highest BCUT2D eigenvalue weighted by atomic mass is 16.5. The molecule has 5 nitrogen and oxygen atoms in total. The molecule has 1 N–H and O–H groups in total. The van der Waals surface area contributed by atoms with Crippen molar-refractivity contribution in [3.05, 3.63) is 59.9 Å². The summed E-state index contributed by atoms with van der Waals surface area (Å²) >= 11 is 0. The lowest BCUT2D eigenvalue weighted by molar-refractivity contribution is -0.128. The fourth-order valence-corrected chi connectivity index (χ4v) is 3.48. The summed E-state index contributed by atoms with van der Waals surface area (Å²) in [4.78, 5) is 17.0. The van der Waals surface area contributed by atoms with Crippen LogP contribution in [0.25, 0.3) is 11.0 Å². The number of carbonyl (C=O) groups excluding carboxylic acids is 1. The summed E-state index contributed by atoms with van der Waals surface area (Å²) in [6, 6.07) is 16.5.